The largest absolute Gasteiger partial charge is 0.462 e. The molecule has 3 saturated carbocycles. The first-order chi connectivity index (χ1) is 13.8. The lowest BCUT2D eigenvalue weighted by atomic mass is 9.42. The summed E-state index contributed by atoms with van der Waals surface area (Å²) in [4.78, 5) is 24.6. The van der Waals surface area contributed by atoms with E-state index in [1.807, 2.05) is 13.0 Å². The average Bonchev–Trinajstić information content (AvgIpc) is 2.88. The van der Waals surface area contributed by atoms with Crippen LogP contribution in [-0.4, -0.2) is 61.2 Å². The second-order valence-electron chi connectivity index (χ2n) is 10.5. The maximum absolute atomic E-state index is 12.6. The van der Waals surface area contributed by atoms with Crippen LogP contribution in [0.25, 0.3) is 0 Å². The number of ether oxygens (including phenoxy) is 1. The zero-order valence-electron chi connectivity index (χ0n) is 18.3. The van der Waals surface area contributed by atoms with Crippen molar-refractivity contribution in [1.29, 1.82) is 0 Å². The number of hydrogen-bond acceptors (Lipinski definition) is 7. The average molecular weight is 423 g/mol. The third-order valence-electron chi connectivity index (χ3n) is 9.46. The van der Waals surface area contributed by atoms with E-state index in [0.29, 0.717) is 19.3 Å². The van der Waals surface area contributed by atoms with E-state index < -0.39 is 57.5 Å². The molecule has 4 rings (SSSR count). The minimum atomic E-state index is -1.91. The molecule has 4 N–H and O–H groups in total. The molecule has 0 saturated heterocycles. The number of hydrogen-bond donors (Lipinski definition) is 4. The number of rotatable bonds is 2. The molecule has 7 nitrogen and oxygen atoms in total. The van der Waals surface area contributed by atoms with E-state index in [1.165, 1.54) is 13.8 Å². The molecule has 0 aromatic carbocycles. The molecule has 0 bridgehead atoms. The molecule has 3 fully saturated rings. The molecule has 0 aromatic heterocycles. The molecule has 0 spiro atoms. The molecule has 0 amide bonds. The Labute approximate surface area is 177 Å². The summed E-state index contributed by atoms with van der Waals surface area (Å²) < 4.78 is 5.67. The number of Topliss-reactive ketones (excluding diaryl/α,β-unsaturated/α-hetero) is 1. The molecule has 4 aliphatic rings. The SMILES string of the molecule is CC(=O)O[C@H]1C[C@H]2[C@@]3(C)CC[C@@H](O)CC3=CC[C@@]2(O)[C@@]2(O)CC[C@@](O)(C(C)=O)[C@]12C. The van der Waals surface area contributed by atoms with E-state index in [4.69, 9.17) is 4.74 Å². The first kappa shape index (κ1) is 21.9. The second-order valence-corrected chi connectivity index (χ2v) is 10.5. The molecule has 0 unspecified atom stereocenters. The fourth-order valence-corrected chi connectivity index (χ4v) is 7.57. The highest BCUT2D eigenvalue weighted by Crippen LogP contribution is 2.70. The van der Waals surface area contributed by atoms with E-state index in [9.17, 15) is 30.0 Å². The maximum Gasteiger partial charge on any atom is 0.302 e. The lowest BCUT2D eigenvalue weighted by molar-refractivity contribution is -0.314. The summed E-state index contributed by atoms with van der Waals surface area (Å²) in [7, 11) is 0. The van der Waals surface area contributed by atoms with Crippen molar-refractivity contribution in [1.82, 2.24) is 0 Å². The van der Waals surface area contributed by atoms with Crippen molar-refractivity contribution in [2.45, 2.75) is 102 Å². The van der Waals surface area contributed by atoms with Crippen LogP contribution in [0.15, 0.2) is 11.6 Å². The summed E-state index contributed by atoms with van der Waals surface area (Å²) >= 11 is 0. The van der Waals surface area contributed by atoms with Gasteiger partial charge in [0.2, 0.25) is 0 Å². The number of aliphatic hydroxyl groups is 4. The van der Waals surface area contributed by atoms with Gasteiger partial charge in [0.15, 0.2) is 5.78 Å². The van der Waals surface area contributed by atoms with Gasteiger partial charge < -0.3 is 25.2 Å². The zero-order valence-corrected chi connectivity index (χ0v) is 18.3. The van der Waals surface area contributed by atoms with E-state index >= 15 is 0 Å². The fourth-order valence-electron chi connectivity index (χ4n) is 7.57. The number of fused-ring (bicyclic) bond motifs is 5. The summed E-state index contributed by atoms with van der Waals surface area (Å²) in [6, 6.07) is 0. The van der Waals surface area contributed by atoms with Gasteiger partial charge in [-0.3, -0.25) is 9.59 Å². The Morgan fingerprint density at radius 1 is 1.10 bits per heavy atom. The third-order valence-corrected chi connectivity index (χ3v) is 9.46. The minimum Gasteiger partial charge on any atom is -0.462 e. The number of aliphatic hydroxyl groups excluding tert-OH is 1. The molecule has 4 aliphatic carbocycles. The van der Waals surface area contributed by atoms with Gasteiger partial charge in [-0.15, -0.1) is 0 Å². The second kappa shape index (κ2) is 6.37. The van der Waals surface area contributed by atoms with E-state index in [2.05, 4.69) is 0 Å². The Hall–Kier alpha value is -1.28. The molecule has 168 valence electrons. The third kappa shape index (κ3) is 2.35. The summed E-state index contributed by atoms with van der Waals surface area (Å²) in [6.45, 7) is 6.18. The van der Waals surface area contributed by atoms with Crippen molar-refractivity contribution in [3.05, 3.63) is 11.6 Å². The molecule has 7 heteroatoms. The number of ketones is 1. The summed E-state index contributed by atoms with van der Waals surface area (Å²) in [5, 5.41) is 45.8. The van der Waals surface area contributed by atoms with Gasteiger partial charge >= 0.3 is 5.97 Å². The Bertz CT molecular complexity index is 822. The van der Waals surface area contributed by atoms with Crippen LogP contribution in [0.1, 0.15) is 72.6 Å². The highest BCUT2D eigenvalue weighted by Gasteiger charge is 2.81. The summed E-state index contributed by atoms with van der Waals surface area (Å²) in [5.41, 5.74) is -6.26. The number of carbonyl (C=O) groups is 2. The summed E-state index contributed by atoms with van der Waals surface area (Å²) in [5.74, 6) is -1.49. The lowest BCUT2D eigenvalue weighted by Crippen LogP contribution is -2.78. The monoisotopic (exact) mass is 422 g/mol. The molecule has 30 heavy (non-hydrogen) atoms. The van der Waals surface area contributed by atoms with Crippen LogP contribution in [0.2, 0.25) is 0 Å². The Morgan fingerprint density at radius 3 is 2.37 bits per heavy atom. The van der Waals surface area contributed by atoms with Crippen LogP contribution in [0.4, 0.5) is 0 Å². The molecule has 0 radical (unpaired) electrons. The maximum atomic E-state index is 12.6. The lowest BCUT2D eigenvalue weighted by Gasteiger charge is -2.67. The van der Waals surface area contributed by atoms with Crippen LogP contribution in [0, 0.1) is 16.7 Å². The number of carbonyl (C=O) groups excluding carboxylic acids is 2. The van der Waals surface area contributed by atoms with E-state index in [-0.39, 0.29) is 25.7 Å². The molecule has 0 aromatic rings. The number of esters is 1. The van der Waals surface area contributed by atoms with Gasteiger partial charge in [-0.1, -0.05) is 18.6 Å². The Balaban J connectivity index is 1.91. The van der Waals surface area contributed by atoms with Crippen LogP contribution in [0.5, 0.6) is 0 Å². The minimum absolute atomic E-state index is 0.00583. The van der Waals surface area contributed by atoms with Crippen LogP contribution < -0.4 is 0 Å². The van der Waals surface area contributed by atoms with Gasteiger partial charge in [-0.05, 0) is 64.2 Å². The quantitative estimate of drug-likeness (QED) is 0.392. The zero-order chi connectivity index (χ0) is 22.3. The highest BCUT2D eigenvalue weighted by molar-refractivity contribution is 5.87. The predicted octanol–water partition coefficient (Wildman–Crippen LogP) is 1.40. The van der Waals surface area contributed by atoms with Gasteiger partial charge in [-0.25, -0.2) is 0 Å². The van der Waals surface area contributed by atoms with Crippen LogP contribution >= 0.6 is 0 Å². The summed E-state index contributed by atoms with van der Waals surface area (Å²) in [6.07, 6.45) is 2.76. The first-order valence-electron chi connectivity index (χ1n) is 11.0. The first-order valence-corrected chi connectivity index (χ1v) is 11.0. The van der Waals surface area contributed by atoms with Crippen molar-refractivity contribution >= 4 is 11.8 Å². The molecular formula is C23H34O7. The van der Waals surface area contributed by atoms with Gasteiger partial charge in [0.05, 0.1) is 11.5 Å². The topological polar surface area (TPSA) is 124 Å². The molecule has 8 atom stereocenters. The fraction of sp³-hybridized carbons (Fsp3) is 0.826. The Morgan fingerprint density at radius 2 is 1.77 bits per heavy atom. The highest BCUT2D eigenvalue weighted by atomic mass is 16.5. The van der Waals surface area contributed by atoms with Gasteiger partial charge in [0.25, 0.3) is 0 Å². The molecule has 0 heterocycles. The normalized spacial score (nSPS) is 52.5. The standard InChI is InChI=1S/C23H34O7/c1-13(24)21(27)9-10-23(29)20(21,4)18(30-14(2)25)12-17-19(3)7-6-16(26)11-15(19)5-8-22(17,23)28/h5,16-18,26-29H,6-12H2,1-4H3/t16-,17+,18+,19+,20+,21-,22+,23-/m1/s1. The van der Waals surface area contributed by atoms with E-state index in [1.54, 1.807) is 6.92 Å². The van der Waals surface area contributed by atoms with Crippen LogP contribution in [0.3, 0.4) is 0 Å². The predicted molar refractivity (Wildman–Crippen MR) is 107 cm³/mol. The van der Waals surface area contributed by atoms with Crippen LogP contribution in [-0.2, 0) is 14.3 Å². The van der Waals surface area contributed by atoms with Crippen molar-refractivity contribution < 1.29 is 34.8 Å². The van der Waals surface area contributed by atoms with Gasteiger partial charge in [0.1, 0.15) is 22.9 Å². The van der Waals surface area contributed by atoms with Crippen molar-refractivity contribution in [2.24, 2.45) is 16.7 Å². The van der Waals surface area contributed by atoms with Crippen molar-refractivity contribution in [3.63, 3.8) is 0 Å². The Kier molecular flexibility index (Phi) is 4.66. The van der Waals surface area contributed by atoms with Gasteiger partial charge in [-0.2, -0.15) is 0 Å². The van der Waals surface area contributed by atoms with Gasteiger partial charge in [0, 0.05) is 12.8 Å². The molecular weight excluding hydrogens is 388 g/mol. The smallest absolute Gasteiger partial charge is 0.302 e. The van der Waals surface area contributed by atoms with Crippen molar-refractivity contribution in [2.75, 3.05) is 0 Å². The van der Waals surface area contributed by atoms with Crippen molar-refractivity contribution in [3.8, 4) is 0 Å². The van der Waals surface area contributed by atoms with E-state index in [0.717, 1.165) is 5.57 Å². The molecule has 0 aliphatic heterocycles.